The van der Waals surface area contributed by atoms with Crippen LogP contribution in [0.15, 0.2) is 48.5 Å². The monoisotopic (exact) mass is 432 g/mol. The topological polar surface area (TPSA) is 75.7 Å². The van der Waals surface area contributed by atoms with Crippen LogP contribution in [-0.4, -0.2) is 38.5 Å². The molecule has 164 valence electrons. The Morgan fingerprint density at radius 2 is 1.67 bits per heavy atom. The molecular weight excluding hydrogens is 400 g/mol. The van der Waals surface area contributed by atoms with Crippen molar-refractivity contribution in [2.75, 3.05) is 19.9 Å². The third-order valence-electron chi connectivity index (χ3n) is 4.83. The number of methoxy groups -OCH3 is 1. The molecule has 7 heteroatoms. The van der Waals surface area contributed by atoms with Gasteiger partial charge in [0.1, 0.15) is 5.75 Å². The maximum atomic E-state index is 12.8. The lowest BCUT2D eigenvalue weighted by atomic mass is 9.97. The molecule has 0 saturated carbocycles. The molecule has 1 atom stereocenters. The van der Waals surface area contributed by atoms with Gasteiger partial charge in [-0.2, -0.15) is 4.31 Å². The van der Waals surface area contributed by atoms with Crippen LogP contribution in [0.1, 0.15) is 43.0 Å². The van der Waals surface area contributed by atoms with E-state index >= 15 is 0 Å². The molecule has 6 nitrogen and oxygen atoms in total. The van der Waals surface area contributed by atoms with Gasteiger partial charge in [-0.3, -0.25) is 4.79 Å². The first-order chi connectivity index (χ1) is 14.1. The zero-order valence-electron chi connectivity index (χ0n) is 18.4. The van der Waals surface area contributed by atoms with E-state index < -0.39 is 10.0 Å². The summed E-state index contributed by atoms with van der Waals surface area (Å²) in [6.45, 7) is 6.08. The van der Waals surface area contributed by atoms with E-state index in [2.05, 4.69) is 19.2 Å². The van der Waals surface area contributed by atoms with Gasteiger partial charge in [0, 0.05) is 6.54 Å². The van der Waals surface area contributed by atoms with E-state index in [-0.39, 0.29) is 25.0 Å². The second kappa shape index (κ2) is 10.6. The lowest BCUT2D eigenvalue weighted by Gasteiger charge is -2.24. The lowest BCUT2D eigenvalue weighted by molar-refractivity contribution is -0.122. The zero-order chi connectivity index (χ0) is 22.3. The van der Waals surface area contributed by atoms with E-state index in [9.17, 15) is 13.2 Å². The van der Waals surface area contributed by atoms with E-state index in [4.69, 9.17) is 4.74 Å². The Kier molecular flexibility index (Phi) is 8.43. The minimum Gasteiger partial charge on any atom is -0.497 e. The SMILES string of the molecule is COc1ccc([C@H](CC(C)C)NC(=O)CN(Cc2ccc(C)cc2)S(C)(=O)=O)cc1. The number of amides is 1. The quantitative estimate of drug-likeness (QED) is 0.622. The molecular formula is C23H32N2O4S. The molecule has 2 rings (SSSR count). The van der Waals surface area contributed by atoms with Crippen molar-refractivity contribution in [1.29, 1.82) is 0 Å². The van der Waals surface area contributed by atoms with E-state index in [1.165, 1.54) is 4.31 Å². The molecule has 0 spiro atoms. The fraction of sp³-hybridized carbons (Fsp3) is 0.435. The Hall–Kier alpha value is -2.38. The Morgan fingerprint density at radius 3 is 2.17 bits per heavy atom. The standard InChI is InChI=1S/C23H32N2O4S/c1-17(2)14-22(20-10-12-21(29-4)13-11-20)24-23(26)16-25(30(5,27)28)15-19-8-6-18(3)7-9-19/h6-13,17,22H,14-16H2,1-5H3,(H,24,26)/t22-/m0/s1. The highest BCUT2D eigenvalue weighted by molar-refractivity contribution is 7.88. The molecule has 0 saturated heterocycles. The molecule has 1 N–H and O–H groups in total. The van der Waals surface area contributed by atoms with Gasteiger partial charge >= 0.3 is 0 Å². The zero-order valence-corrected chi connectivity index (χ0v) is 19.2. The number of sulfonamides is 1. The van der Waals surface area contributed by atoms with Gasteiger partial charge in [-0.05, 0) is 42.5 Å². The first-order valence-corrected chi connectivity index (χ1v) is 11.9. The van der Waals surface area contributed by atoms with E-state index in [1.54, 1.807) is 7.11 Å². The third-order valence-corrected chi connectivity index (χ3v) is 6.03. The van der Waals surface area contributed by atoms with Gasteiger partial charge in [0.25, 0.3) is 0 Å². The number of hydrogen-bond acceptors (Lipinski definition) is 4. The summed E-state index contributed by atoms with van der Waals surface area (Å²) in [7, 11) is -1.94. The van der Waals surface area contributed by atoms with Crippen LogP contribution in [-0.2, 0) is 21.4 Å². The highest BCUT2D eigenvalue weighted by Crippen LogP contribution is 2.23. The van der Waals surface area contributed by atoms with Crippen LogP contribution in [0.3, 0.4) is 0 Å². The van der Waals surface area contributed by atoms with Crippen molar-refractivity contribution in [1.82, 2.24) is 9.62 Å². The Balaban J connectivity index is 2.14. The maximum absolute atomic E-state index is 12.8. The van der Waals surface area contributed by atoms with E-state index in [1.807, 2.05) is 55.5 Å². The Bertz CT molecular complexity index is 923. The highest BCUT2D eigenvalue weighted by Gasteiger charge is 2.23. The molecule has 0 unspecified atom stereocenters. The summed E-state index contributed by atoms with van der Waals surface area (Å²) in [5, 5.41) is 3.01. The van der Waals surface area contributed by atoms with Crippen molar-refractivity contribution in [3.05, 3.63) is 65.2 Å². The van der Waals surface area contributed by atoms with Crippen molar-refractivity contribution >= 4 is 15.9 Å². The van der Waals surface area contributed by atoms with Gasteiger partial charge in [0.2, 0.25) is 15.9 Å². The smallest absolute Gasteiger partial charge is 0.235 e. The summed E-state index contributed by atoms with van der Waals surface area (Å²) >= 11 is 0. The molecule has 1 amide bonds. The predicted molar refractivity (Wildman–Crippen MR) is 120 cm³/mol. The van der Waals surface area contributed by atoms with Crippen molar-refractivity contribution in [3.8, 4) is 5.75 Å². The number of hydrogen-bond donors (Lipinski definition) is 1. The van der Waals surface area contributed by atoms with Crippen LogP contribution >= 0.6 is 0 Å². The third kappa shape index (κ3) is 7.46. The first-order valence-electron chi connectivity index (χ1n) is 10.0. The number of aryl methyl sites for hydroxylation is 1. The summed E-state index contributed by atoms with van der Waals surface area (Å²) in [5.74, 6) is 0.777. The fourth-order valence-electron chi connectivity index (χ4n) is 3.17. The van der Waals surface area contributed by atoms with E-state index in [0.717, 1.165) is 35.1 Å². The summed E-state index contributed by atoms with van der Waals surface area (Å²) in [4.78, 5) is 12.8. The van der Waals surface area contributed by atoms with Gasteiger partial charge < -0.3 is 10.1 Å². The summed E-state index contributed by atoms with van der Waals surface area (Å²) in [6, 6.07) is 15.0. The summed E-state index contributed by atoms with van der Waals surface area (Å²) < 4.78 is 31.0. The number of benzene rings is 2. The lowest BCUT2D eigenvalue weighted by Crippen LogP contribution is -2.41. The fourth-order valence-corrected chi connectivity index (χ4v) is 3.91. The highest BCUT2D eigenvalue weighted by atomic mass is 32.2. The molecule has 0 heterocycles. The summed E-state index contributed by atoms with van der Waals surface area (Å²) in [5.41, 5.74) is 2.90. The molecule has 0 fully saturated rings. The maximum Gasteiger partial charge on any atom is 0.235 e. The number of nitrogens with one attached hydrogen (secondary N) is 1. The van der Waals surface area contributed by atoms with Gasteiger partial charge in [-0.25, -0.2) is 8.42 Å². The van der Waals surface area contributed by atoms with Gasteiger partial charge in [-0.1, -0.05) is 55.8 Å². The second-order valence-electron chi connectivity index (χ2n) is 8.04. The molecule has 0 aliphatic carbocycles. The molecule has 2 aromatic rings. The Morgan fingerprint density at radius 1 is 1.07 bits per heavy atom. The number of carbonyl (C=O) groups is 1. The second-order valence-corrected chi connectivity index (χ2v) is 10.0. The van der Waals surface area contributed by atoms with Crippen LogP contribution in [0.2, 0.25) is 0 Å². The molecule has 0 aromatic heterocycles. The number of ether oxygens (including phenoxy) is 1. The largest absolute Gasteiger partial charge is 0.497 e. The van der Waals surface area contributed by atoms with E-state index in [0.29, 0.717) is 5.92 Å². The van der Waals surface area contributed by atoms with Gasteiger partial charge in [0.15, 0.2) is 0 Å². The molecule has 0 aliphatic rings. The van der Waals surface area contributed by atoms with Crippen molar-refractivity contribution in [2.45, 2.75) is 39.8 Å². The Labute approximate surface area is 180 Å². The average molecular weight is 433 g/mol. The molecule has 0 aliphatic heterocycles. The molecule has 2 aromatic carbocycles. The molecule has 30 heavy (non-hydrogen) atoms. The van der Waals surface area contributed by atoms with Gasteiger partial charge in [0.05, 0.1) is 26.0 Å². The molecule has 0 radical (unpaired) electrons. The van der Waals surface area contributed by atoms with Crippen LogP contribution in [0.5, 0.6) is 5.75 Å². The minimum atomic E-state index is -3.54. The van der Waals surface area contributed by atoms with Crippen molar-refractivity contribution in [3.63, 3.8) is 0 Å². The van der Waals surface area contributed by atoms with Crippen LogP contribution in [0.4, 0.5) is 0 Å². The minimum absolute atomic E-state index is 0.157. The predicted octanol–water partition coefficient (Wildman–Crippen LogP) is 3.67. The van der Waals surface area contributed by atoms with Crippen LogP contribution in [0, 0.1) is 12.8 Å². The average Bonchev–Trinajstić information content (AvgIpc) is 2.67. The number of carbonyl (C=O) groups excluding carboxylic acids is 1. The molecule has 0 bridgehead atoms. The number of rotatable bonds is 10. The summed E-state index contributed by atoms with van der Waals surface area (Å²) in [6.07, 6.45) is 1.87. The first kappa shape index (κ1) is 23.9. The van der Waals surface area contributed by atoms with Gasteiger partial charge in [-0.15, -0.1) is 0 Å². The van der Waals surface area contributed by atoms with Crippen LogP contribution < -0.4 is 10.1 Å². The number of nitrogens with zero attached hydrogens (tertiary/aromatic N) is 1. The van der Waals surface area contributed by atoms with Crippen molar-refractivity contribution < 1.29 is 17.9 Å². The normalized spacial score (nSPS) is 12.8. The van der Waals surface area contributed by atoms with Crippen LogP contribution in [0.25, 0.3) is 0 Å². The van der Waals surface area contributed by atoms with Crippen molar-refractivity contribution in [2.24, 2.45) is 5.92 Å².